The molecule has 0 bridgehead atoms. The molecule has 100 heavy (non-hydrogen) atoms. The second-order valence-electron chi connectivity index (χ2n) is 27.7. The lowest BCUT2D eigenvalue weighted by Gasteiger charge is -2.32. The van der Waals surface area contributed by atoms with E-state index in [0.29, 0.717) is 58.2 Å². The molecule has 0 saturated carbocycles. The Bertz CT molecular complexity index is 2610. The Kier molecular flexibility index (Phi) is 50.7. The number of carbonyl (C=O) groups is 8. The molecule has 0 saturated heterocycles. The molecule has 0 spiro atoms. The molecule has 564 valence electrons. The first-order valence-corrected chi connectivity index (χ1v) is 39.4. The largest absolute Gasteiger partial charge is 0.368 e. The number of nitrogens with one attached hydrogen (secondary N) is 1. The van der Waals surface area contributed by atoms with Crippen molar-refractivity contribution in [1.29, 1.82) is 0 Å². The monoisotopic (exact) mass is 1390 g/mol. The van der Waals surface area contributed by atoms with Gasteiger partial charge in [-0.1, -0.05) is 268 Å². The topological polar surface area (TPSA) is 241 Å². The third kappa shape index (κ3) is 41.9. The van der Waals surface area contributed by atoms with E-state index in [0.717, 1.165) is 146 Å². The molecule has 20 nitrogen and oxygen atoms in total. The minimum absolute atomic E-state index is 0.00240. The third-order valence-corrected chi connectivity index (χ3v) is 18.9. The first-order chi connectivity index (χ1) is 48.7. The molecule has 0 radical (unpaired) electrons. The van der Waals surface area contributed by atoms with Gasteiger partial charge in [0.2, 0.25) is 47.3 Å². The normalized spacial score (nSPS) is 11.2. The molecule has 8 amide bonds. The van der Waals surface area contributed by atoms with Gasteiger partial charge in [0.25, 0.3) is 0 Å². The van der Waals surface area contributed by atoms with E-state index in [1.807, 2.05) is 71.4 Å². The number of nitrogens with zero attached hydrogens (tertiary/aromatic N) is 9. The summed E-state index contributed by atoms with van der Waals surface area (Å²) < 4.78 is 1.96. The number of aryl methyl sites for hydroxylation is 1. The van der Waals surface area contributed by atoms with E-state index in [2.05, 4.69) is 38.0 Å². The van der Waals surface area contributed by atoms with Crippen molar-refractivity contribution in [2.45, 2.75) is 259 Å². The Hall–Kier alpha value is -6.67. The minimum atomic E-state index is -0.616. The molecule has 2 aromatic carbocycles. The van der Waals surface area contributed by atoms with Crippen LogP contribution in [0.4, 0.5) is 0 Å². The summed E-state index contributed by atoms with van der Waals surface area (Å²) in [6.45, 7) is 9.69. The number of rotatable bonds is 64. The fraction of sp³-hybridized carbons (Fsp3) is 0.713. The van der Waals surface area contributed by atoms with Crippen molar-refractivity contribution >= 4 is 47.3 Å². The average molecular weight is 1390 g/mol. The summed E-state index contributed by atoms with van der Waals surface area (Å²) in [5.41, 5.74) is 13.7. The highest BCUT2D eigenvalue weighted by Gasteiger charge is 2.31. The first-order valence-electron chi connectivity index (χ1n) is 39.4. The van der Waals surface area contributed by atoms with E-state index >= 15 is 19.2 Å². The van der Waals surface area contributed by atoms with Gasteiger partial charge in [-0.15, -0.1) is 0 Å². The highest BCUT2D eigenvalue weighted by molar-refractivity contribution is 5.93. The maximum Gasteiger partial charge on any atom is 0.242 e. The van der Waals surface area contributed by atoms with E-state index in [9.17, 15) is 19.2 Å². The zero-order valence-electron chi connectivity index (χ0n) is 62.9. The van der Waals surface area contributed by atoms with Gasteiger partial charge < -0.3 is 55.7 Å². The Morgan fingerprint density at radius 3 is 0.940 bits per heavy atom. The summed E-state index contributed by atoms with van der Waals surface area (Å²) >= 11 is 0. The maximum atomic E-state index is 15.3. The van der Waals surface area contributed by atoms with Gasteiger partial charge in [0, 0.05) is 71.3 Å². The highest BCUT2D eigenvalue weighted by atomic mass is 16.2. The lowest BCUT2D eigenvalue weighted by molar-refractivity contribution is -0.148. The molecule has 0 aliphatic carbocycles. The number of primary amides is 1. The van der Waals surface area contributed by atoms with E-state index < -0.39 is 29.5 Å². The van der Waals surface area contributed by atoms with Gasteiger partial charge in [-0.25, -0.2) is 4.98 Å². The Morgan fingerprint density at radius 1 is 0.360 bits per heavy atom. The van der Waals surface area contributed by atoms with E-state index in [4.69, 9.17) is 11.5 Å². The van der Waals surface area contributed by atoms with Crippen LogP contribution in [0.25, 0.3) is 0 Å². The van der Waals surface area contributed by atoms with Crippen molar-refractivity contribution in [2.24, 2.45) is 11.5 Å². The van der Waals surface area contributed by atoms with Crippen LogP contribution in [-0.4, -0.2) is 202 Å². The number of unbranched alkanes of at least 4 members (excludes halogenated alkanes) is 28. The third-order valence-electron chi connectivity index (χ3n) is 18.9. The zero-order valence-corrected chi connectivity index (χ0v) is 62.9. The lowest BCUT2D eigenvalue weighted by atomic mass is 10.1. The summed E-state index contributed by atoms with van der Waals surface area (Å²) in [5, 5.41) is 3.21. The van der Waals surface area contributed by atoms with Crippen LogP contribution in [-0.2, 0) is 57.7 Å². The Balaban J connectivity index is 2.03. The molecule has 1 heterocycles. The molecule has 3 aromatic rings. The Labute approximate surface area is 604 Å². The number of nitrogens with two attached hydrogens (primary N) is 2. The standard InChI is InChI=1S/C80H136N12O8/c1-5-9-13-17-21-25-29-39-54-86(63-73(82)93)75(95)64-87(55-40-30-26-22-18-14-10-6-2)76(96)65-88(56-41-31-27-23-19-15-11-7-3)77(97)66-89(57-42-32-28-24-20-16-12-8-4)78(98)67-90(58-48-71-44-35-33-36-45-71)79(99)68-91(59-49-72-46-37-34-38-47-72)80(100)69-92(60-50-81)74(94)62-83-51-43-53-85-61-52-84-70-85/h33-38,44-47,52,61,70,83H,5-32,39-43,48-51,53-60,62-69,81H2,1-4H3,(H2,82,93). The highest BCUT2D eigenvalue weighted by Crippen LogP contribution is 2.17. The summed E-state index contributed by atoms with van der Waals surface area (Å²) in [6.07, 6.45) is 40.1. The molecular weight excluding hydrogens is 1260 g/mol. The summed E-state index contributed by atoms with van der Waals surface area (Å²) in [6, 6.07) is 19.4. The second-order valence-corrected chi connectivity index (χ2v) is 27.7. The fourth-order valence-corrected chi connectivity index (χ4v) is 12.6. The molecule has 1 aromatic heterocycles. The van der Waals surface area contributed by atoms with Crippen molar-refractivity contribution in [3.8, 4) is 0 Å². The van der Waals surface area contributed by atoms with Crippen molar-refractivity contribution in [3.63, 3.8) is 0 Å². The fourth-order valence-electron chi connectivity index (χ4n) is 12.6. The SMILES string of the molecule is CCCCCCCCCCN(CC(N)=O)C(=O)CN(CCCCCCCCCC)C(=O)CN(CCCCCCCCCC)C(=O)CN(CCCCCCCCCC)C(=O)CN(CCc1ccccc1)C(=O)CN(CCc1ccccc1)C(=O)CN(CCN)C(=O)CNCCCn1ccnc1. The van der Waals surface area contributed by atoms with Crippen molar-refractivity contribution in [1.82, 2.24) is 49.2 Å². The first kappa shape index (κ1) is 87.5. The average Bonchev–Trinajstić information content (AvgIpc) is 0.965. The van der Waals surface area contributed by atoms with Gasteiger partial charge in [0.15, 0.2) is 0 Å². The van der Waals surface area contributed by atoms with Crippen LogP contribution >= 0.6 is 0 Å². The van der Waals surface area contributed by atoms with Crippen molar-refractivity contribution < 1.29 is 38.4 Å². The number of imidazole rings is 1. The minimum Gasteiger partial charge on any atom is -0.368 e. The summed E-state index contributed by atoms with van der Waals surface area (Å²) in [4.78, 5) is 131. The van der Waals surface area contributed by atoms with Crippen LogP contribution < -0.4 is 16.8 Å². The predicted octanol–water partition coefficient (Wildman–Crippen LogP) is 12.2. The molecule has 20 heteroatoms. The van der Waals surface area contributed by atoms with Crippen LogP contribution in [0.3, 0.4) is 0 Å². The van der Waals surface area contributed by atoms with Gasteiger partial charge in [-0.05, 0) is 62.6 Å². The van der Waals surface area contributed by atoms with Gasteiger partial charge in [-0.2, -0.15) is 0 Å². The quantitative estimate of drug-likeness (QED) is 0.0449. The molecule has 0 aliphatic rings. The second kappa shape index (κ2) is 57.9. The molecule has 0 fully saturated rings. The Morgan fingerprint density at radius 2 is 0.650 bits per heavy atom. The molecule has 5 N–H and O–H groups in total. The van der Waals surface area contributed by atoms with Gasteiger partial charge in [-0.3, -0.25) is 38.4 Å². The maximum absolute atomic E-state index is 15.3. The number of hydrogen-bond acceptors (Lipinski definition) is 11. The molecule has 0 atom stereocenters. The van der Waals surface area contributed by atoms with Crippen LogP contribution in [0.15, 0.2) is 79.4 Å². The van der Waals surface area contributed by atoms with E-state index in [1.54, 1.807) is 27.2 Å². The van der Waals surface area contributed by atoms with Crippen molar-refractivity contribution in [3.05, 3.63) is 90.5 Å². The molecule has 0 aliphatic heterocycles. The predicted molar refractivity (Wildman–Crippen MR) is 405 cm³/mol. The number of amides is 8. The van der Waals surface area contributed by atoms with Gasteiger partial charge >= 0.3 is 0 Å². The van der Waals surface area contributed by atoms with Crippen LogP contribution in [0, 0.1) is 0 Å². The van der Waals surface area contributed by atoms with Gasteiger partial charge in [0.05, 0.1) is 58.7 Å². The molecule has 0 unspecified atom stereocenters. The van der Waals surface area contributed by atoms with E-state index in [-0.39, 0.29) is 109 Å². The van der Waals surface area contributed by atoms with Gasteiger partial charge in [0.1, 0.15) is 0 Å². The van der Waals surface area contributed by atoms with Crippen LogP contribution in [0.2, 0.25) is 0 Å². The summed E-state index contributed by atoms with van der Waals surface area (Å²) in [7, 11) is 0. The van der Waals surface area contributed by atoms with Crippen molar-refractivity contribution in [2.75, 3.05) is 111 Å². The lowest BCUT2D eigenvalue weighted by Crippen LogP contribution is -2.53. The molecule has 3 rings (SSSR count). The number of aromatic nitrogens is 2. The zero-order chi connectivity index (χ0) is 72.5. The van der Waals surface area contributed by atoms with Crippen LogP contribution in [0.5, 0.6) is 0 Å². The number of hydrogen-bond donors (Lipinski definition) is 3. The van der Waals surface area contributed by atoms with E-state index in [1.165, 1.54) is 77.4 Å². The van der Waals surface area contributed by atoms with Crippen LogP contribution in [0.1, 0.15) is 251 Å². The summed E-state index contributed by atoms with van der Waals surface area (Å²) in [5.74, 6) is -3.35. The number of carbonyl (C=O) groups excluding carboxylic acids is 8. The smallest absolute Gasteiger partial charge is 0.242 e. The number of benzene rings is 2. The molecular formula is C80H136N12O8.